The molecule has 2 aromatic rings. The molecule has 5 heteroatoms. The van der Waals surface area contributed by atoms with Crippen molar-refractivity contribution in [3.8, 4) is 0 Å². The van der Waals surface area contributed by atoms with Crippen LogP contribution in [-0.2, 0) is 9.47 Å². The van der Waals surface area contributed by atoms with Crippen LogP contribution in [0.5, 0.6) is 0 Å². The summed E-state index contributed by atoms with van der Waals surface area (Å²) in [6.07, 6.45) is 4.89. The number of carbonyl (C=O) groups excluding carboxylic acids is 1. The molecule has 5 nitrogen and oxygen atoms in total. The average molecular weight is 342 g/mol. The van der Waals surface area contributed by atoms with Crippen molar-refractivity contribution in [2.45, 2.75) is 39.5 Å². The maximum atomic E-state index is 12.5. The van der Waals surface area contributed by atoms with Gasteiger partial charge in [-0.3, -0.25) is 0 Å². The van der Waals surface area contributed by atoms with E-state index in [0.29, 0.717) is 18.3 Å². The van der Waals surface area contributed by atoms with Crippen molar-refractivity contribution in [3.05, 3.63) is 53.1 Å². The van der Waals surface area contributed by atoms with Crippen molar-refractivity contribution in [1.29, 1.82) is 0 Å². The minimum Gasteiger partial charge on any atom is -0.449 e. The zero-order chi connectivity index (χ0) is 17.8. The lowest BCUT2D eigenvalue weighted by molar-refractivity contribution is 0.0381. The van der Waals surface area contributed by atoms with E-state index < -0.39 is 0 Å². The Morgan fingerprint density at radius 3 is 2.88 bits per heavy atom. The summed E-state index contributed by atoms with van der Waals surface area (Å²) in [5.74, 6) is 1.12. The Hall–Kier alpha value is -2.14. The predicted octanol–water partition coefficient (Wildman–Crippen LogP) is 4.06. The van der Waals surface area contributed by atoms with Crippen LogP contribution in [-0.4, -0.2) is 35.5 Å². The zero-order valence-corrected chi connectivity index (χ0v) is 15.2. The fourth-order valence-electron chi connectivity index (χ4n) is 3.34. The fourth-order valence-corrected chi connectivity index (χ4v) is 3.34. The molecule has 0 saturated carbocycles. The number of ether oxygens (including phenoxy) is 2. The topological polar surface area (TPSA) is 53.4 Å². The second-order valence-corrected chi connectivity index (χ2v) is 6.80. The van der Waals surface area contributed by atoms with Crippen LogP contribution >= 0.6 is 0 Å². The summed E-state index contributed by atoms with van der Waals surface area (Å²) in [4.78, 5) is 16.9. The van der Waals surface area contributed by atoms with Gasteiger partial charge in [0.15, 0.2) is 0 Å². The number of benzene rings is 1. The summed E-state index contributed by atoms with van der Waals surface area (Å²) in [7, 11) is 0. The summed E-state index contributed by atoms with van der Waals surface area (Å²) >= 11 is 0. The number of imidazole rings is 1. The highest BCUT2D eigenvalue weighted by Crippen LogP contribution is 2.27. The van der Waals surface area contributed by atoms with Gasteiger partial charge in [-0.05, 0) is 49.3 Å². The monoisotopic (exact) mass is 342 g/mol. The molecule has 3 rings (SSSR count). The molecule has 0 unspecified atom stereocenters. The van der Waals surface area contributed by atoms with E-state index in [1.54, 1.807) is 12.4 Å². The molecule has 0 bridgehead atoms. The summed E-state index contributed by atoms with van der Waals surface area (Å²) in [5.41, 5.74) is 3.66. The first kappa shape index (κ1) is 17.7. The van der Waals surface area contributed by atoms with E-state index in [1.165, 1.54) is 21.3 Å². The first-order chi connectivity index (χ1) is 12.1. The Morgan fingerprint density at radius 2 is 2.12 bits per heavy atom. The average Bonchev–Trinajstić information content (AvgIpc) is 3.12. The van der Waals surface area contributed by atoms with Crippen LogP contribution in [0.15, 0.2) is 30.6 Å². The minimum atomic E-state index is -0.351. The van der Waals surface area contributed by atoms with Gasteiger partial charge in [-0.2, -0.15) is 0 Å². The lowest BCUT2D eigenvalue weighted by atomic mass is 9.93. The molecule has 1 saturated heterocycles. The molecule has 25 heavy (non-hydrogen) atoms. The highest BCUT2D eigenvalue weighted by molar-refractivity contribution is 5.71. The van der Waals surface area contributed by atoms with Gasteiger partial charge in [-0.25, -0.2) is 14.3 Å². The van der Waals surface area contributed by atoms with E-state index in [9.17, 15) is 4.79 Å². The highest BCUT2D eigenvalue weighted by Gasteiger charge is 2.22. The fraction of sp³-hybridized carbons (Fsp3) is 0.500. The Bertz CT molecular complexity index is 732. The van der Waals surface area contributed by atoms with Gasteiger partial charge in [0.05, 0.1) is 6.61 Å². The standard InChI is InChI=1S/C20H26N2O3/c1-14-5-4-6-18(15(14)2)16(3)19-21-9-10-22(19)20(23)25-13-17-7-11-24-12-8-17/h4-6,9-10,16-17H,7-8,11-13H2,1-3H3/t16-/m0/s1. The Labute approximate surface area is 149 Å². The quantitative estimate of drug-likeness (QED) is 0.841. The van der Waals surface area contributed by atoms with Crippen molar-refractivity contribution in [2.75, 3.05) is 19.8 Å². The van der Waals surface area contributed by atoms with Gasteiger partial charge in [0, 0.05) is 31.5 Å². The highest BCUT2D eigenvalue weighted by atomic mass is 16.5. The smallest absolute Gasteiger partial charge is 0.419 e. The van der Waals surface area contributed by atoms with E-state index in [1.807, 2.05) is 6.07 Å². The molecular formula is C20H26N2O3. The van der Waals surface area contributed by atoms with Crippen LogP contribution in [0.4, 0.5) is 4.79 Å². The van der Waals surface area contributed by atoms with Crippen LogP contribution < -0.4 is 0 Å². The summed E-state index contributed by atoms with van der Waals surface area (Å²) < 4.78 is 12.4. The van der Waals surface area contributed by atoms with Gasteiger partial charge in [0.25, 0.3) is 0 Å². The van der Waals surface area contributed by atoms with Crippen LogP contribution in [0.2, 0.25) is 0 Å². The number of hydrogen-bond donors (Lipinski definition) is 0. The zero-order valence-electron chi connectivity index (χ0n) is 15.2. The SMILES string of the molecule is Cc1cccc([C@H](C)c2nccn2C(=O)OCC2CCOCC2)c1C. The summed E-state index contributed by atoms with van der Waals surface area (Å²) in [6.45, 7) is 8.23. The number of carbonyl (C=O) groups is 1. The van der Waals surface area contributed by atoms with Crippen molar-refractivity contribution >= 4 is 6.09 Å². The van der Waals surface area contributed by atoms with E-state index in [2.05, 4.69) is 37.9 Å². The molecule has 0 amide bonds. The number of nitrogens with zero attached hydrogens (tertiary/aromatic N) is 2. The molecule has 1 aliphatic heterocycles. The number of aryl methyl sites for hydroxylation is 1. The van der Waals surface area contributed by atoms with Crippen molar-refractivity contribution in [1.82, 2.24) is 9.55 Å². The van der Waals surface area contributed by atoms with Crippen molar-refractivity contribution < 1.29 is 14.3 Å². The van der Waals surface area contributed by atoms with Gasteiger partial charge in [-0.1, -0.05) is 25.1 Å². The Balaban J connectivity index is 1.73. The predicted molar refractivity (Wildman–Crippen MR) is 95.9 cm³/mol. The van der Waals surface area contributed by atoms with Crippen LogP contribution in [0.1, 0.15) is 48.2 Å². The summed E-state index contributed by atoms with van der Waals surface area (Å²) in [6, 6.07) is 6.24. The molecule has 134 valence electrons. The maximum Gasteiger partial charge on any atom is 0.419 e. The van der Waals surface area contributed by atoms with Gasteiger partial charge >= 0.3 is 6.09 Å². The van der Waals surface area contributed by atoms with Gasteiger partial charge in [0.1, 0.15) is 5.82 Å². The first-order valence-corrected chi connectivity index (χ1v) is 8.92. The molecule has 0 N–H and O–H groups in total. The lowest BCUT2D eigenvalue weighted by Crippen LogP contribution is -2.24. The molecule has 0 spiro atoms. The van der Waals surface area contributed by atoms with E-state index in [0.717, 1.165) is 26.1 Å². The molecule has 1 aromatic carbocycles. The molecule has 1 fully saturated rings. The molecule has 2 heterocycles. The normalized spacial score (nSPS) is 16.6. The van der Waals surface area contributed by atoms with Gasteiger partial charge in [0.2, 0.25) is 0 Å². The van der Waals surface area contributed by atoms with Crippen LogP contribution in [0, 0.1) is 19.8 Å². The minimum absolute atomic E-state index is 0.0190. The third-order valence-electron chi connectivity index (χ3n) is 5.15. The molecule has 0 radical (unpaired) electrons. The van der Waals surface area contributed by atoms with Crippen LogP contribution in [0.25, 0.3) is 0 Å². The van der Waals surface area contributed by atoms with Crippen LogP contribution in [0.3, 0.4) is 0 Å². The summed E-state index contributed by atoms with van der Waals surface area (Å²) in [5, 5.41) is 0. The third-order valence-corrected chi connectivity index (χ3v) is 5.15. The molecule has 1 aromatic heterocycles. The van der Waals surface area contributed by atoms with Crippen molar-refractivity contribution in [3.63, 3.8) is 0 Å². The second kappa shape index (κ2) is 7.83. The third kappa shape index (κ3) is 3.93. The first-order valence-electron chi connectivity index (χ1n) is 8.92. The molecule has 1 aliphatic rings. The second-order valence-electron chi connectivity index (χ2n) is 6.80. The van der Waals surface area contributed by atoms with E-state index in [-0.39, 0.29) is 12.0 Å². The number of rotatable bonds is 4. The van der Waals surface area contributed by atoms with Gasteiger partial charge < -0.3 is 9.47 Å². The largest absolute Gasteiger partial charge is 0.449 e. The Kier molecular flexibility index (Phi) is 5.53. The van der Waals surface area contributed by atoms with E-state index in [4.69, 9.17) is 9.47 Å². The Morgan fingerprint density at radius 1 is 1.36 bits per heavy atom. The van der Waals surface area contributed by atoms with Gasteiger partial charge in [-0.15, -0.1) is 0 Å². The molecule has 1 atom stereocenters. The number of aromatic nitrogens is 2. The maximum absolute atomic E-state index is 12.5. The lowest BCUT2D eigenvalue weighted by Gasteiger charge is -2.22. The van der Waals surface area contributed by atoms with Crippen molar-refractivity contribution in [2.24, 2.45) is 5.92 Å². The van der Waals surface area contributed by atoms with E-state index >= 15 is 0 Å². The molecule has 0 aliphatic carbocycles. The number of hydrogen-bond acceptors (Lipinski definition) is 4. The molecular weight excluding hydrogens is 316 g/mol.